The van der Waals surface area contributed by atoms with Gasteiger partial charge in [-0.05, 0) is 12.8 Å². The van der Waals surface area contributed by atoms with Crippen LogP contribution in [-0.4, -0.2) is 43.1 Å². The van der Waals surface area contributed by atoms with Gasteiger partial charge < -0.3 is 24.1 Å². The Morgan fingerprint density at radius 1 is 1.35 bits per heavy atom. The number of pyridine rings is 1. The molecule has 0 radical (unpaired) electrons. The minimum absolute atomic E-state index is 0.405. The summed E-state index contributed by atoms with van der Waals surface area (Å²) in [4.78, 5) is 23.8. The first-order chi connectivity index (χ1) is 12.4. The zero-order chi connectivity index (χ0) is 18.8. The number of hydrogen-bond donors (Lipinski definition) is 0. The van der Waals surface area contributed by atoms with Crippen molar-refractivity contribution in [1.82, 2.24) is 9.97 Å². The van der Waals surface area contributed by atoms with Gasteiger partial charge >= 0.3 is 0 Å². The molecular formula is C18H22ClN4O3-. The van der Waals surface area contributed by atoms with Crippen molar-refractivity contribution in [3.8, 4) is 11.5 Å². The minimum atomic E-state index is -0.983. The quantitative estimate of drug-likeness (QED) is 0.787. The number of carbonyl (C=O) groups excluding carboxylic acids is 1. The number of aromatic nitrogens is 2. The molecule has 2 aromatic heterocycles. The van der Waals surface area contributed by atoms with Crippen molar-refractivity contribution in [2.75, 3.05) is 37.0 Å². The Labute approximate surface area is 157 Å². The van der Waals surface area contributed by atoms with Crippen LogP contribution in [0.3, 0.4) is 0 Å². The van der Waals surface area contributed by atoms with E-state index in [1.54, 1.807) is 12.4 Å². The van der Waals surface area contributed by atoms with E-state index in [0.717, 1.165) is 23.4 Å². The second-order valence-corrected chi connectivity index (χ2v) is 7.00. The summed E-state index contributed by atoms with van der Waals surface area (Å²) >= 11 is 6.69. The summed E-state index contributed by atoms with van der Waals surface area (Å²) in [5, 5.41) is 11.6. The molecule has 3 heterocycles. The Balaban J connectivity index is 1.94. The number of halogens is 1. The number of hydrogen-bond acceptors (Lipinski definition) is 7. The van der Waals surface area contributed by atoms with Crippen molar-refractivity contribution in [1.29, 1.82) is 0 Å². The highest BCUT2D eigenvalue weighted by atomic mass is 35.5. The molecule has 1 aliphatic rings. The molecule has 0 unspecified atom stereocenters. The van der Waals surface area contributed by atoms with Crippen LogP contribution in [0.4, 0.5) is 11.5 Å². The normalized spacial score (nSPS) is 15.3. The third kappa shape index (κ3) is 3.49. The van der Waals surface area contributed by atoms with E-state index in [-0.39, 0.29) is 0 Å². The van der Waals surface area contributed by atoms with Gasteiger partial charge in [0.1, 0.15) is 16.6 Å². The molecule has 0 aromatic carbocycles. The van der Waals surface area contributed by atoms with Crippen molar-refractivity contribution >= 4 is 29.1 Å². The van der Waals surface area contributed by atoms with E-state index in [0.29, 0.717) is 42.7 Å². The van der Waals surface area contributed by atoms with Gasteiger partial charge in [0.25, 0.3) is 0 Å². The fraction of sp³-hybridized carbons (Fsp3) is 0.500. The lowest BCUT2D eigenvalue weighted by Gasteiger charge is -2.34. The smallest absolute Gasteiger partial charge is 0.229 e. The van der Waals surface area contributed by atoms with Gasteiger partial charge in [-0.2, -0.15) is 0 Å². The summed E-state index contributed by atoms with van der Waals surface area (Å²) in [5.74, 6) is 0.552. The lowest BCUT2D eigenvalue weighted by molar-refractivity contribution is -0.312. The molecule has 7 nitrogen and oxygen atoms in total. The second-order valence-electron chi connectivity index (χ2n) is 6.62. The van der Waals surface area contributed by atoms with Crippen molar-refractivity contribution in [2.24, 2.45) is 5.92 Å². The van der Waals surface area contributed by atoms with Gasteiger partial charge in [-0.1, -0.05) is 18.5 Å². The lowest BCUT2D eigenvalue weighted by Crippen LogP contribution is -2.41. The standard InChI is InChI=1S/C18H23ClN4O3/c1-4-12-9-21-17(26-12)13-10-20-16(14(19)15(13)22(2)3)23-7-5-11(6-8-23)18(24)25/h9-11H,4-8H2,1-3H3,(H,24,25)/p-1. The van der Waals surface area contributed by atoms with Crippen LogP contribution in [0, 0.1) is 5.92 Å². The molecule has 2 aromatic rings. The average molecular weight is 378 g/mol. The van der Waals surface area contributed by atoms with Gasteiger partial charge in [-0.3, -0.25) is 0 Å². The van der Waals surface area contributed by atoms with E-state index in [1.807, 2.05) is 30.8 Å². The molecule has 140 valence electrons. The maximum atomic E-state index is 11.0. The Morgan fingerprint density at radius 3 is 2.58 bits per heavy atom. The Bertz CT molecular complexity index is 798. The van der Waals surface area contributed by atoms with Crippen LogP contribution in [0.1, 0.15) is 25.5 Å². The van der Waals surface area contributed by atoms with Gasteiger partial charge in [0.2, 0.25) is 5.89 Å². The van der Waals surface area contributed by atoms with Crippen LogP contribution in [0.5, 0.6) is 0 Å². The van der Waals surface area contributed by atoms with Gasteiger partial charge in [0, 0.05) is 51.7 Å². The number of piperidine rings is 1. The van der Waals surface area contributed by atoms with Crippen LogP contribution in [0.15, 0.2) is 16.8 Å². The van der Waals surface area contributed by atoms with Crippen LogP contribution in [-0.2, 0) is 11.2 Å². The van der Waals surface area contributed by atoms with E-state index in [4.69, 9.17) is 16.0 Å². The number of carboxylic acid groups (broad SMARTS) is 1. The first-order valence-corrected chi connectivity index (χ1v) is 9.06. The van der Waals surface area contributed by atoms with Gasteiger partial charge in [0.15, 0.2) is 0 Å². The summed E-state index contributed by atoms with van der Waals surface area (Å²) in [6.45, 7) is 3.16. The molecule has 1 fully saturated rings. The first-order valence-electron chi connectivity index (χ1n) is 8.69. The number of carbonyl (C=O) groups is 1. The third-order valence-corrected chi connectivity index (χ3v) is 5.03. The molecule has 8 heteroatoms. The average Bonchev–Trinajstić information content (AvgIpc) is 3.10. The van der Waals surface area contributed by atoms with E-state index >= 15 is 0 Å². The summed E-state index contributed by atoms with van der Waals surface area (Å²) < 4.78 is 5.77. The topological polar surface area (TPSA) is 85.5 Å². The highest BCUT2D eigenvalue weighted by Gasteiger charge is 2.26. The summed E-state index contributed by atoms with van der Waals surface area (Å²) in [5.41, 5.74) is 1.51. The van der Waals surface area contributed by atoms with Crippen molar-refractivity contribution in [3.63, 3.8) is 0 Å². The third-order valence-electron chi connectivity index (χ3n) is 4.68. The lowest BCUT2D eigenvalue weighted by atomic mass is 9.97. The molecule has 0 saturated carbocycles. The highest BCUT2D eigenvalue weighted by Crippen LogP contribution is 2.41. The Morgan fingerprint density at radius 2 is 2.04 bits per heavy atom. The molecule has 0 amide bonds. The number of aliphatic carboxylic acids is 1. The molecular weight excluding hydrogens is 356 g/mol. The number of rotatable bonds is 5. The number of carboxylic acids is 1. The molecule has 0 aliphatic carbocycles. The summed E-state index contributed by atoms with van der Waals surface area (Å²) in [7, 11) is 3.81. The SMILES string of the molecule is CCc1cnc(-c2cnc(N3CCC(C(=O)[O-])CC3)c(Cl)c2N(C)C)o1. The van der Waals surface area contributed by atoms with E-state index < -0.39 is 11.9 Å². The Hall–Kier alpha value is -2.28. The molecule has 26 heavy (non-hydrogen) atoms. The van der Waals surface area contributed by atoms with Gasteiger partial charge in [-0.15, -0.1) is 0 Å². The predicted octanol–water partition coefficient (Wildman–Crippen LogP) is 1.98. The van der Waals surface area contributed by atoms with Gasteiger partial charge in [-0.25, -0.2) is 9.97 Å². The summed E-state index contributed by atoms with van der Waals surface area (Å²) in [6, 6.07) is 0. The maximum absolute atomic E-state index is 11.0. The van der Waals surface area contributed by atoms with Gasteiger partial charge in [0.05, 0.1) is 17.4 Å². The van der Waals surface area contributed by atoms with Crippen LogP contribution >= 0.6 is 11.6 Å². The molecule has 3 rings (SSSR count). The van der Waals surface area contributed by atoms with Crippen molar-refractivity contribution in [2.45, 2.75) is 26.2 Å². The van der Waals surface area contributed by atoms with Crippen molar-refractivity contribution < 1.29 is 14.3 Å². The van der Waals surface area contributed by atoms with Crippen LogP contribution < -0.4 is 14.9 Å². The second kappa shape index (κ2) is 7.53. The van der Waals surface area contributed by atoms with Crippen molar-refractivity contribution in [3.05, 3.63) is 23.2 Å². The predicted molar refractivity (Wildman–Crippen MR) is 98.4 cm³/mol. The van der Waals surface area contributed by atoms with Crippen LogP contribution in [0.25, 0.3) is 11.5 Å². The summed E-state index contributed by atoms with van der Waals surface area (Å²) in [6.07, 6.45) is 5.24. The first kappa shape index (κ1) is 18.5. The zero-order valence-corrected chi connectivity index (χ0v) is 15.9. The van der Waals surface area contributed by atoms with E-state index in [2.05, 4.69) is 9.97 Å². The van der Waals surface area contributed by atoms with E-state index in [1.165, 1.54) is 0 Å². The zero-order valence-electron chi connectivity index (χ0n) is 15.2. The number of nitrogens with zero attached hydrogens (tertiary/aromatic N) is 4. The number of anilines is 2. The van der Waals surface area contributed by atoms with E-state index in [9.17, 15) is 9.90 Å². The monoisotopic (exact) mass is 377 g/mol. The molecule has 0 atom stereocenters. The molecule has 0 N–H and O–H groups in total. The maximum Gasteiger partial charge on any atom is 0.229 e. The molecule has 1 aliphatic heterocycles. The van der Waals surface area contributed by atoms with Crippen LogP contribution in [0.2, 0.25) is 5.02 Å². The minimum Gasteiger partial charge on any atom is -0.550 e. The highest BCUT2D eigenvalue weighted by molar-refractivity contribution is 6.36. The molecule has 0 bridgehead atoms. The number of aryl methyl sites for hydroxylation is 1. The fourth-order valence-corrected chi connectivity index (χ4v) is 3.64. The molecule has 1 saturated heterocycles. The Kier molecular flexibility index (Phi) is 5.36. The fourth-order valence-electron chi connectivity index (χ4n) is 3.20. The largest absolute Gasteiger partial charge is 0.550 e. The molecule has 0 spiro atoms. The number of oxazole rings is 1.